The molecule has 3 N–H and O–H groups in total. The highest BCUT2D eigenvalue weighted by Crippen LogP contribution is 2.16. The number of furan rings is 1. The lowest BCUT2D eigenvalue weighted by atomic mass is 9.97. The van der Waals surface area contributed by atoms with E-state index in [1.54, 1.807) is 0 Å². The van der Waals surface area contributed by atoms with Crippen LogP contribution in [0.25, 0.3) is 0 Å². The molecule has 7 nitrogen and oxygen atoms in total. The van der Waals surface area contributed by atoms with E-state index in [2.05, 4.69) is 4.72 Å². The zero-order valence-corrected chi connectivity index (χ0v) is 12.2. The zero-order chi connectivity index (χ0) is 15.3. The number of carboxylic acid groups (broad SMARTS) is 1. The average Bonchev–Trinajstić information content (AvgIpc) is 2.88. The summed E-state index contributed by atoms with van der Waals surface area (Å²) in [5.41, 5.74) is 0. The van der Waals surface area contributed by atoms with Gasteiger partial charge >= 0.3 is 5.97 Å². The van der Waals surface area contributed by atoms with Crippen molar-refractivity contribution < 1.29 is 27.8 Å². The number of hydrogen-bond acceptors (Lipinski definition) is 5. The minimum Gasteiger partial charge on any atom is -0.475 e. The van der Waals surface area contributed by atoms with Gasteiger partial charge in [0.1, 0.15) is 0 Å². The third-order valence-corrected chi connectivity index (χ3v) is 4.43. The Balaban J connectivity index is 2.72. The van der Waals surface area contributed by atoms with Crippen molar-refractivity contribution in [1.82, 2.24) is 4.72 Å². The lowest BCUT2D eigenvalue weighted by Gasteiger charge is -2.19. The van der Waals surface area contributed by atoms with Crippen molar-refractivity contribution in [3.8, 4) is 0 Å². The highest BCUT2D eigenvalue weighted by molar-refractivity contribution is 7.89. The maximum atomic E-state index is 11.9. The van der Waals surface area contributed by atoms with Crippen LogP contribution in [0.1, 0.15) is 37.2 Å². The molecule has 0 aliphatic carbocycles. The molecule has 0 radical (unpaired) electrons. The van der Waals surface area contributed by atoms with Gasteiger partial charge in [0.15, 0.2) is 0 Å². The maximum absolute atomic E-state index is 11.9. The summed E-state index contributed by atoms with van der Waals surface area (Å²) in [6.07, 6.45) is 0.681. The molecule has 1 aromatic rings. The minimum atomic E-state index is -3.96. The summed E-state index contributed by atoms with van der Waals surface area (Å²) in [6.45, 7) is 3.69. The van der Waals surface area contributed by atoms with Crippen LogP contribution < -0.4 is 4.72 Å². The van der Waals surface area contributed by atoms with Gasteiger partial charge in [0.25, 0.3) is 10.0 Å². The number of aromatic carboxylic acids is 1. The Morgan fingerprint density at radius 2 is 1.95 bits per heavy atom. The molecule has 8 heteroatoms. The predicted octanol–water partition coefficient (Wildman–Crippen LogP) is 1.05. The predicted molar refractivity (Wildman–Crippen MR) is 70.9 cm³/mol. The summed E-state index contributed by atoms with van der Waals surface area (Å²) in [5.74, 6) is -1.79. The Labute approximate surface area is 117 Å². The Kier molecular flexibility index (Phi) is 5.73. The molecule has 0 aromatic carbocycles. The molecule has 0 saturated carbocycles. The minimum absolute atomic E-state index is 0.00359. The van der Waals surface area contributed by atoms with Crippen LogP contribution >= 0.6 is 0 Å². The first kappa shape index (κ1) is 16.7. The number of carboxylic acids is 1. The fraction of sp³-hybridized carbons (Fsp3) is 0.583. The molecule has 0 saturated heterocycles. The fourth-order valence-corrected chi connectivity index (χ4v) is 2.82. The maximum Gasteiger partial charge on any atom is 0.371 e. The number of nitrogens with one attached hydrogen (secondary N) is 1. The second-order valence-corrected chi connectivity index (χ2v) is 6.12. The summed E-state index contributed by atoms with van der Waals surface area (Å²) in [4.78, 5) is 10.6. The molecule has 0 spiro atoms. The van der Waals surface area contributed by atoms with E-state index < -0.39 is 32.9 Å². The van der Waals surface area contributed by atoms with Gasteiger partial charge in [0.05, 0.1) is 6.10 Å². The lowest BCUT2D eigenvalue weighted by Crippen LogP contribution is -2.35. The summed E-state index contributed by atoms with van der Waals surface area (Å²) < 4.78 is 30.7. The summed E-state index contributed by atoms with van der Waals surface area (Å²) in [7, 11) is -3.96. The number of sulfonamides is 1. The van der Waals surface area contributed by atoms with E-state index in [-0.39, 0.29) is 12.5 Å². The van der Waals surface area contributed by atoms with Crippen LogP contribution in [0.2, 0.25) is 0 Å². The van der Waals surface area contributed by atoms with Crippen molar-refractivity contribution in [2.75, 3.05) is 6.54 Å². The van der Waals surface area contributed by atoms with Crippen molar-refractivity contribution in [2.45, 2.75) is 37.9 Å². The molecule has 0 bridgehead atoms. The van der Waals surface area contributed by atoms with Gasteiger partial charge in [-0.3, -0.25) is 0 Å². The summed E-state index contributed by atoms with van der Waals surface area (Å²) in [5, 5.41) is 18.1. The van der Waals surface area contributed by atoms with Gasteiger partial charge in [0.2, 0.25) is 10.9 Å². The number of aliphatic hydroxyl groups excluding tert-OH is 1. The van der Waals surface area contributed by atoms with E-state index in [0.29, 0.717) is 0 Å². The van der Waals surface area contributed by atoms with Crippen LogP contribution in [0.15, 0.2) is 21.6 Å². The second kappa shape index (κ2) is 6.87. The van der Waals surface area contributed by atoms with E-state index in [9.17, 15) is 18.3 Å². The number of hydrogen-bond donors (Lipinski definition) is 3. The van der Waals surface area contributed by atoms with Crippen LogP contribution in [0.4, 0.5) is 0 Å². The van der Waals surface area contributed by atoms with Crippen molar-refractivity contribution >= 4 is 16.0 Å². The second-order valence-electron chi connectivity index (χ2n) is 4.42. The van der Waals surface area contributed by atoms with Crippen molar-refractivity contribution in [3.05, 3.63) is 17.9 Å². The largest absolute Gasteiger partial charge is 0.475 e. The van der Waals surface area contributed by atoms with Gasteiger partial charge in [-0.05, 0) is 18.1 Å². The summed E-state index contributed by atoms with van der Waals surface area (Å²) >= 11 is 0. The monoisotopic (exact) mass is 305 g/mol. The van der Waals surface area contributed by atoms with Crippen LogP contribution in [-0.4, -0.2) is 37.2 Å². The van der Waals surface area contributed by atoms with E-state index in [4.69, 9.17) is 9.52 Å². The third-order valence-electron chi connectivity index (χ3n) is 3.13. The van der Waals surface area contributed by atoms with Gasteiger partial charge in [-0.25, -0.2) is 17.9 Å². The smallest absolute Gasteiger partial charge is 0.371 e. The zero-order valence-electron chi connectivity index (χ0n) is 11.4. The molecule has 1 aromatic heterocycles. The molecule has 0 aliphatic heterocycles. The molecular formula is C12H19NO6S. The van der Waals surface area contributed by atoms with E-state index >= 15 is 0 Å². The van der Waals surface area contributed by atoms with E-state index in [1.165, 1.54) is 0 Å². The Morgan fingerprint density at radius 1 is 1.35 bits per heavy atom. The fourth-order valence-electron chi connectivity index (χ4n) is 1.85. The normalized spacial score (nSPS) is 13.6. The molecular weight excluding hydrogens is 286 g/mol. The first-order valence-electron chi connectivity index (χ1n) is 6.32. The Bertz CT molecular complexity index is 546. The van der Waals surface area contributed by atoms with Crippen molar-refractivity contribution in [2.24, 2.45) is 5.92 Å². The Morgan fingerprint density at radius 3 is 2.40 bits per heavy atom. The molecule has 1 heterocycles. The molecule has 114 valence electrons. The summed E-state index contributed by atoms with van der Waals surface area (Å²) in [6, 6.07) is 2.13. The van der Waals surface area contributed by atoms with Crippen LogP contribution in [0.5, 0.6) is 0 Å². The number of carbonyl (C=O) groups is 1. The Hall–Kier alpha value is -1.38. The van der Waals surface area contributed by atoms with Gasteiger partial charge in [0, 0.05) is 6.54 Å². The molecule has 20 heavy (non-hydrogen) atoms. The molecule has 1 atom stereocenters. The van der Waals surface area contributed by atoms with Crippen LogP contribution in [0.3, 0.4) is 0 Å². The third kappa shape index (κ3) is 4.06. The molecule has 0 aliphatic rings. The molecule has 1 rings (SSSR count). The lowest BCUT2D eigenvalue weighted by molar-refractivity contribution is 0.0656. The van der Waals surface area contributed by atoms with Crippen molar-refractivity contribution in [1.29, 1.82) is 0 Å². The van der Waals surface area contributed by atoms with Gasteiger partial charge in [-0.15, -0.1) is 0 Å². The topological polar surface area (TPSA) is 117 Å². The first-order chi connectivity index (χ1) is 9.31. The highest BCUT2D eigenvalue weighted by Gasteiger charge is 2.23. The van der Waals surface area contributed by atoms with Gasteiger partial charge in [-0.1, -0.05) is 26.7 Å². The van der Waals surface area contributed by atoms with Crippen LogP contribution in [-0.2, 0) is 10.0 Å². The van der Waals surface area contributed by atoms with E-state index in [0.717, 1.165) is 25.0 Å². The average molecular weight is 305 g/mol. The van der Waals surface area contributed by atoms with Gasteiger partial charge < -0.3 is 14.6 Å². The van der Waals surface area contributed by atoms with Crippen LogP contribution in [0, 0.1) is 5.92 Å². The quantitative estimate of drug-likeness (QED) is 0.661. The van der Waals surface area contributed by atoms with E-state index in [1.807, 2.05) is 13.8 Å². The van der Waals surface area contributed by atoms with Gasteiger partial charge in [-0.2, -0.15) is 0 Å². The standard InChI is InChI=1S/C12H19NO6S/c1-3-8(4-2)9(14)7-13-20(17,18)11-6-5-10(19-11)12(15)16/h5-6,8-9,13-14H,3-4,7H2,1-2H3,(H,15,16). The number of aliphatic hydroxyl groups is 1. The first-order valence-corrected chi connectivity index (χ1v) is 7.81. The van der Waals surface area contributed by atoms with Crippen molar-refractivity contribution in [3.63, 3.8) is 0 Å². The SMILES string of the molecule is CCC(CC)C(O)CNS(=O)(=O)c1ccc(C(=O)O)o1. The number of rotatable bonds is 8. The highest BCUT2D eigenvalue weighted by atomic mass is 32.2. The molecule has 0 amide bonds. The molecule has 1 unspecified atom stereocenters. The molecule has 0 fully saturated rings.